The van der Waals surface area contributed by atoms with Crippen molar-refractivity contribution in [3.8, 4) is 0 Å². The second-order valence-electron chi connectivity index (χ2n) is 5.80. The maximum absolute atomic E-state index is 12.3. The number of thiophene rings is 1. The van der Waals surface area contributed by atoms with E-state index in [-0.39, 0.29) is 30.3 Å². The maximum Gasteiger partial charge on any atom is 0.234 e. The number of rotatable bonds is 7. The van der Waals surface area contributed by atoms with E-state index >= 15 is 0 Å². The van der Waals surface area contributed by atoms with Crippen LogP contribution >= 0.6 is 11.3 Å². The summed E-state index contributed by atoms with van der Waals surface area (Å²) in [4.78, 5) is 17.8. The quantitative estimate of drug-likeness (QED) is 0.762. The molecule has 0 unspecified atom stereocenters. The van der Waals surface area contributed by atoms with Crippen molar-refractivity contribution < 1.29 is 13.2 Å². The Morgan fingerprint density at radius 3 is 2.84 bits per heavy atom. The monoisotopic (exact) mass is 377 g/mol. The van der Waals surface area contributed by atoms with Gasteiger partial charge < -0.3 is 10.6 Å². The average molecular weight is 377 g/mol. The van der Waals surface area contributed by atoms with E-state index in [1.807, 2.05) is 35.7 Å². The van der Waals surface area contributed by atoms with Crippen LogP contribution in [0, 0.1) is 0 Å². The lowest BCUT2D eigenvalue weighted by Gasteiger charge is -2.18. The van der Waals surface area contributed by atoms with Crippen molar-refractivity contribution in [2.45, 2.75) is 18.5 Å². The molecule has 2 aromatic rings. The van der Waals surface area contributed by atoms with Gasteiger partial charge in [0.2, 0.25) is 5.91 Å². The molecule has 2 atom stereocenters. The van der Waals surface area contributed by atoms with Gasteiger partial charge in [-0.05, 0) is 23.6 Å². The minimum atomic E-state index is -3.13. The topological polar surface area (TPSA) is 88.2 Å². The molecule has 1 aliphatic rings. The van der Waals surface area contributed by atoms with Gasteiger partial charge in [-0.1, -0.05) is 18.2 Å². The van der Waals surface area contributed by atoms with Gasteiger partial charge in [0, 0.05) is 28.9 Å². The molecule has 0 fully saturated rings. The van der Waals surface area contributed by atoms with Crippen LogP contribution in [-0.4, -0.2) is 37.6 Å². The fourth-order valence-corrected chi connectivity index (χ4v) is 4.64. The van der Waals surface area contributed by atoms with Crippen LogP contribution < -0.4 is 10.6 Å². The summed E-state index contributed by atoms with van der Waals surface area (Å²) in [5, 5.41) is 9.13. The fraction of sp³-hybridized carbons (Fsp3) is 0.294. The highest BCUT2D eigenvalue weighted by molar-refractivity contribution is 7.94. The lowest BCUT2D eigenvalue weighted by molar-refractivity contribution is -0.121. The van der Waals surface area contributed by atoms with Crippen molar-refractivity contribution in [1.29, 1.82) is 0 Å². The average Bonchev–Trinajstić information content (AvgIpc) is 3.22. The van der Waals surface area contributed by atoms with E-state index in [0.29, 0.717) is 6.42 Å². The molecule has 0 saturated heterocycles. The number of pyridine rings is 1. The molecule has 3 rings (SSSR count). The number of hydrogen-bond donors (Lipinski definition) is 2. The Hall–Kier alpha value is -2.03. The number of nitrogens with zero attached hydrogens (tertiary/aromatic N) is 1. The molecule has 2 aromatic heterocycles. The number of aromatic nitrogens is 1. The zero-order chi connectivity index (χ0) is 17.7. The van der Waals surface area contributed by atoms with Gasteiger partial charge in [-0.3, -0.25) is 9.78 Å². The van der Waals surface area contributed by atoms with Gasteiger partial charge in [0.1, 0.15) is 0 Å². The van der Waals surface area contributed by atoms with Crippen molar-refractivity contribution in [3.05, 3.63) is 64.0 Å². The second-order valence-corrected chi connectivity index (χ2v) is 8.77. The SMILES string of the molecule is O=C(CN[C@H]1C=CS(=O)(=O)C1)N[C@@H](Cc1cccs1)c1ccccn1. The van der Waals surface area contributed by atoms with Gasteiger partial charge in [-0.15, -0.1) is 11.3 Å². The summed E-state index contributed by atoms with van der Waals surface area (Å²) < 4.78 is 22.8. The first-order valence-corrected chi connectivity index (χ1v) is 10.5. The van der Waals surface area contributed by atoms with Crippen molar-refractivity contribution in [3.63, 3.8) is 0 Å². The van der Waals surface area contributed by atoms with Gasteiger partial charge in [-0.2, -0.15) is 0 Å². The highest BCUT2D eigenvalue weighted by atomic mass is 32.2. The van der Waals surface area contributed by atoms with Crippen molar-refractivity contribution in [2.75, 3.05) is 12.3 Å². The van der Waals surface area contributed by atoms with Crippen LogP contribution in [-0.2, 0) is 21.1 Å². The summed E-state index contributed by atoms with van der Waals surface area (Å²) >= 11 is 1.64. The zero-order valence-corrected chi connectivity index (χ0v) is 15.1. The number of nitrogens with one attached hydrogen (secondary N) is 2. The van der Waals surface area contributed by atoms with Crippen LogP contribution in [0.5, 0.6) is 0 Å². The van der Waals surface area contributed by atoms with Crippen molar-refractivity contribution >= 4 is 27.1 Å². The third-order valence-electron chi connectivity index (χ3n) is 3.82. The molecular formula is C17H19N3O3S2. The molecule has 3 heterocycles. The molecule has 1 amide bonds. The minimum absolute atomic E-state index is 0.000848. The highest BCUT2D eigenvalue weighted by Crippen LogP contribution is 2.19. The molecule has 2 N–H and O–H groups in total. The van der Waals surface area contributed by atoms with E-state index in [2.05, 4.69) is 15.6 Å². The van der Waals surface area contributed by atoms with Crippen LogP contribution in [0.2, 0.25) is 0 Å². The van der Waals surface area contributed by atoms with E-state index in [0.717, 1.165) is 10.6 Å². The molecule has 0 spiro atoms. The van der Waals surface area contributed by atoms with Crippen LogP contribution in [0.15, 0.2) is 53.4 Å². The standard InChI is InChI=1S/C17H19N3O3S2/c21-17(11-19-13-6-9-25(22,23)12-13)20-16(10-14-4-3-8-24-14)15-5-1-2-7-18-15/h1-9,13,16,19H,10-12H2,(H,20,21)/t13-,16-/m0/s1. The molecule has 0 aliphatic carbocycles. The molecule has 0 bridgehead atoms. The fourth-order valence-electron chi connectivity index (χ4n) is 2.61. The van der Waals surface area contributed by atoms with E-state index < -0.39 is 9.84 Å². The predicted octanol–water partition coefficient (Wildman–Crippen LogP) is 1.44. The first kappa shape index (κ1) is 17.8. The number of carbonyl (C=O) groups excluding carboxylic acids is 1. The van der Waals surface area contributed by atoms with Gasteiger partial charge in [0.15, 0.2) is 9.84 Å². The van der Waals surface area contributed by atoms with Crippen molar-refractivity contribution in [2.24, 2.45) is 0 Å². The molecule has 132 valence electrons. The molecule has 0 saturated carbocycles. The lowest BCUT2D eigenvalue weighted by atomic mass is 10.1. The Balaban J connectivity index is 1.59. The number of amides is 1. The summed E-state index contributed by atoms with van der Waals surface area (Å²) in [5.74, 6) is -0.191. The molecule has 0 aromatic carbocycles. The summed E-state index contributed by atoms with van der Waals surface area (Å²) in [6.45, 7) is 0.0539. The van der Waals surface area contributed by atoms with Crippen LogP contribution in [0.4, 0.5) is 0 Å². The number of hydrogen-bond acceptors (Lipinski definition) is 6. The Bertz CT molecular complexity index is 833. The smallest absolute Gasteiger partial charge is 0.234 e. The molecular weight excluding hydrogens is 358 g/mol. The van der Waals surface area contributed by atoms with E-state index in [9.17, 15) is 13.2 Å². The van der Waals surface area contributed by atoms with E-state index in [1.54, 1.807) is 23.6 Å². The Labute approximate surface area is 150 Å². The van der Waals surface area contributed by atoms with E-state index in [4.69, 9.17) is 0 Å². The molecule has 25 heavy (non-hydrogen) atoms. The van der Waals surface area contributed by atoms with Crippen LogP contribution in [0.1, 0.15) is 16.6 Å². The van der Waals surface area contributed by atoms with Crippen LogP contribution in [0.25, 0.3) is 0 Å². The zero-order valence-electron chi connectivity index (χ0n) is 13.5. The van der Waals surface area contributed by atoms with Crippen molar-refractivity contribution in [1.82, 2.24) is 15.6 Å². The first-order chi connectivity index (χ1) is 12.0. The largest absolute Gasteiger partial charge is 0.346 e. The Morgan fingerprint density at radius 1 is 1.32 bits per heavy atom. The summed E-state index contributed by atoms with van der Waals surface area (Å²) in [7, 11) is -3.13. The Kier molecular flexibility index (Phi) is 5.62. The molecule has 0 radical (unpaired) electrons. The summed E-state index contributed by atoms with van der Waals surface area (Å²) in [5.41, 5.74) is 0.799. The second kappa shape index (κ2) is 7.90. The predicted molar refractivity (Wildman–Crippen MR) is 97.9 cm³/mol. The van der Waals surface area contributed by atoms with Gasteiger partial charge in [-0.25, -0.2) is 8.42 Å². The third kappa shape index (κ3) is 5.22. The van der Waals surface area contributed by atoms with Gasteiger partial charge in [0.05, 0.1) is 24.0 Å². The molecule has 8 heteroatoms. The minimum Gasteiger partial charge on any atom is -0.346 e. The molecule has 6 nitrogen and oxygen atoms in total. The molecule has 1 aliphatic heterocycles. The van der Waals surface area contributed by atoms with Gasteiger partial charge in [0.25, 0.3) is 0 Å². The normalized spacial score (nSPS) is 19.6. The number of sulfone groups is 1. The highest BCUT2D eigenvalue weighted by Gasteiger charge is 2.22. The summed E-state index contributed by atoms with van der Waals surface area (Å²) in [6, 6.07) is 9.08. The lowest BCUT2D eigenvalue weighted by Crippen LogP contribution is -2.41. The summed E-state index contributed by atoms with van der Waals surface area (Å²) in [6.07, 6.45) is 3.94. The first-order valence-electron chi connectivity index (χ1n) is 7.89. The number of carbonyl (C=O) groups is 1. The Morgan fingerprint density at radius 2 is 2.20 bits per heavy atom. The van der Waals surface area contributed by atoms with Crippen LogP contribution in [0.3, 0.4) is 0 Å². The van der Waals surface area contributed by atoms with E-state index in [1.165, 1.54) is 5.41 Å². The maximum atomic E-state index is 12.3. The third-order valence-corrected chi connectivity index (χ3v) is 6.11. The van der Waals surface area contributed by atoms with Gasteiger partial charge >= 0.3 is 0 Å².